The van der Waals surface area contributed by atoms with E-state index in [1.54, 1.807) is 0 Å². The van der Waals surface area contributed by atoms with Gasteiger partial charge in [0.1, 0.15) is 61.0 Å². The average Bonchev–Trinajstić information content (AvgIpc) is 3.25. The molecule has 19 heteroatoms. The smallest absolute Gasteiger partial charge is 0.335 e. The molecule has 3 saturated heterocycles. The first-order valence-electron chi connectivity index (χ1n) is 24.1. The molecule has 19 nitrogen and oxygen atoms in total. The van der Waals surface area contributed by atoms with Gasteiger partial charge in [0.25, 0.3) is 0 Å². The molecule has 8 aliphatic rings. The molecule has 0 aromatic rings. The van der Waals surface area contributed by atoms with E-state index in [1.165, 1.54) is 6.92 Å². The highest BCUT2D eigenvalue weighted by Crippen LogP contribution is 2.75. The minimum absolute atomic E-state index is 0.0374. The zero-order valence-electron chi connectivity index (χ0n) is 39.8. The topological polar surface area (TPSA) is 309 Å². The van der Waals surface area contributed by atoms with Crippen molar-refractivity contribution in [1.29, 1.82) is 0 Å². The van der Waals surface area contributed by atoms with Gasteiger partial charge in [-0.15, -0.1) is 0 Å². The van der Waals surface area contributed by atoms with Crippen molar-refractivity contribution in [3.8, 4) is 0 Å². The Hall–Kier alpha value is -2.21. The number of carboxylic acid groups (broad SMARTS) is 2. The molecule has 10 N–H and O–H groups in total. The van der Waals surface area contributed by atoms with E-state index < -0.39 is 138 Å². The maximum Gasteiger partial charge on any atom is 0.335 e. The molecule has 5 aliphatic carbocycles. The maximum absolute atomic E-state index is 15.0. The van der Waals surface area contributed by atoms with Crippen molar-refractivity contribution >= 4 is 17.7 Å². The number of allylic oxidation sites excluding steroid dienone is 2. The first-order chi connectivity index (χ1) is 31.1. The summed E-state index contributed by atoms with van der Waals surface area (Å²) in [5.74, 6) is -2.88. The summed E-state index contributed by atoms with van der Waals surface area (Å²) in [5, 5.41) is 107. The molecule has 3 aliphatic heterocycles. The van der Waals surface area contributed by atoms with Gasteiger partial charge >= 0.3 is 11.9 Å². The number of carboxylic acids is 2. The number of carbonyl (C=O) groups is 3. The fourth-order valence-electron chi connectivity index (χ4n) is 14.8. The minimum atomic E-state index is -2.07. The predicted octanol–water partition coefficient (Wildman–Crippen LogP) is 1.01. The molecule has 380 valence electrons. The molecule has 0 spiro atoms. The average molecular weight is 955 g/mol. The van der Waals surface area contributed by atoms with Crippen LogP contribution < -0.4 is 0 Å². The fourth-order valence-corrected chi connectivity index (χ4v) is 14.8. The van der Waals surface area contributed by atoms with Crippen LogP contribution in [0.5, 0.6) is 0 Å². The highest BCUT2D eigenvalue weighted by atomic mass is 16.8. The SMILES string of the molecule is C[C@@H]1O[C@@H](O[C@H]2[C@H](O[C@H]3[C@@H](O[C@H]4CC[C@]5(C)[C@H]6C(=O)C=C7[C@@H]8C[C@@](C)(C(=O)O)CC[C@]8(C)CC[C@@]7(C)[C@]6(C)CC[C@H]5C4(C)C)O[C@H](C(=O)O)[C@@H](O)[C@@H]3O)O[C@H](CO)[C@H](O)[C@@H]2O)[C@H](O)[C@H](O)[C@H]1O. The van der Waals surface area contributed by atoms with Crippen LogP contribution in [-0.4, -0.2) is 174 Å². The summed E-state index contributed by atoms with van der Waals surface area (Å²) in [4.78, 5) is 40.0. The fraction of sp³-hybridized carbons (Fsp3) is 0.896. The molecule has 0 aromatic heterocycles. The van der Waals surface area contributed by atoms with Gasteiger partial charge in [0.2, 0.25) is 0 Å². The van der Waals surface area contributed by atoms with Crippen molar-refractivity contribution in [2.75, 3.05) is 6.61 Å². The van der Waals surface area contributed by atoms with E-state index in [-0.39, 0.29) is 34.4 Å². The van der Waals surface area contributed by atoms with Crippen molar-refractivity contribution in [2.24, 2.45) is 50.2 Å². The third-order valence-corrected chi connectivity index (χ3v) is 19.3. The van der Waals surface area contributed by atoms with Crippen molar-refractivity contribution in [1.82, 2.24) is 0 Å². The zero-order valence-corrected chi connectivity index (χ0v) is 39.8. The molecule has 8 rings (SSSR count). The number of fused-ring (bicyclic) bond motifs is 7. The van der Waals surface area contributed by atoms with Gasteiger partial charge in [-0.25, -0.2) is 4.79 Å². The van der Waals surface area contributed by atoms with Crippen molar-refractivity contribution in [3.05, 3.63) is 11.6 Å². The van der Waals surface area contributed by atoms with Crippen LogP contribution in [-0.2, 0) is 42.8 Å². The number of aliphatic hydroxyl groups excluding tert-OH is 8. The van der Waals surface area contributed by atoms with Gasteiger partial charge in [-0.1, -0.05) is 47.1 Å². The number of rotatable bonds is 9. The lowest BCUT2D eigenvalue weighted by Gasteiger charge is -2.70. The molecular formula is C48H74O19. The number of hydrogen-bond acceptors (Lipinski definition) is 17. The Balaban J connectivity index is 1.07. The lowest BCUT2D eigenvalue weighted by molar-refractivity contribution is -0.395. The molecular weight excluding hydrogens is 881 g/mol. The van der Waals surface area contributed by atoms with Crippen LogP contribution in [0.4, 0.5) is 0 Å². The molecule has 67 heavy (non-hydrogen) atoms. The van der Waals surface area contributed by atoms with Crippen molar-refractivity contribution in [3.63, 3.8) is 0 Å². The Bertz CT molecular complexity index is 1950. The summed E-state index contributed by atoms with van der Waals surface area (Å²) < 4.78 is 36.1. The van der Waals surface area contributed by atoms with E-state index in [4.69, 9.17) is 28.4 Å². The Morgan fingerprint density at radius 1 is 0.687 bits per heavy atom. The van der Waals surface area contributed by atoms with Gasteiger partial charge in [0.05, 0.1) is 24.2 Å². The van der Waals surface area contributed by atoms with E-state index in [2.05, 4.69) is 27.7 Å². The van der Waals surface area contributed by atoms with E-state index in [0.29, 0.717) is 38.5 Å². The van der Waals surface area contributed by atoms with Crippen LogP contribution >= 0.6 is 0 Å². The highest BCUT2D eigenvalue weighted by molar-refractivity contribution is 5.95. The largest absolute Gasteiger partial charge is 0.481 e. The lowest BCUT2D eigenvalue weighted by atomic mass is 9.33. The van der Waals surface area contributed by atoms with Gasteiger partial charge < -0.3 is 79.5 Å². The highest BCUT2D eigenvalue weighted by Gasteiger charge is 2.71. The van der Waals surface area contributed by atoms with Crippen LogP contribution in [0.25, 0.3) is 0 Å². The van der Waals surface area contributed by atoms with Gasteiger partial charge in [-0.05, 0) is 117 Å². The van der Waals surface area contributed by atoms with E-state index >= 15 is 0 Å². The molecule has 3 heterocycles. The summed E-state index contributed by atoms with van der Waals surface area (Å²) in [6, 6.07) is 0. The summed E-state index contributed by atoms with van der Waals surface area (Å²) in [7, 11) is 0. The monoisotopic (exact) mass is 954 g/mol. The quantitative estimate of drug-likeness (QED) is 0.144. The zero-order chi connectivity index (χ0) is 49.3. The normalized spacial score (nSPS) is 54.1. The van der Waals surface area contributed by atoms with Gasteiger partial charge in [0, 0.05) is 5.92 Å². The van der Waals surface area contributed by atoms with Crippen LogP contribution in [0, 0.1) is 50.2 Å². The first kappa shape index (κ1) is 51.2. The van der Waals surface area contributed by atoms with Crippen LogP contribution in [0.3, 0.4) is 0 Å². The van der Waals surface area contributed by atoms with E-state index in [0.717, 1.165) is 24.8 Å². The maximum atomic E-state index is 15.0. The molecule has 0 radical (unpaired) electrons. The second-order valence-electron chi connectivity index (χ2n) is 23.4. The molecule has 0 aromatic carbocycles. The summed E-state index contributed by atoms with van der Waals surface area (Å²) >= 11 is 0. The van der Waals surface area contributed by atoms with Crippen LogP contribution in [0.1, 0.15) is 113 Å². The molecule has 7 fully saturated rings. The second-order valence-corrected chi connectivity index (χ2v) is 23.4. The Morgan fingerprint density at radius 3 is 1.93 bits per heavy atom. The Labute approximate surface area is 390 Å². The lowest BCUT2D eigenvalue weighted by Crippen LogP contribution is -2.68. The first-order valence-corrected chi connectivity index (χ1v) is 24.1. The number of aliphatic carboxylic acids is 2. The second kappa shape index (κ2) is 17.5. The van der Waals surface area contributed by atoms with Gasteiger partial charge in [0.15, 0.2) is 30.8 Å². The summed E-state index contributed by atoms with van der Waals surface area (Å²) in [5.41, 5.74) is -1.95. The number of carbonyl (C=O) groups excluding carboxylic acids is 1. The molecule has 24 atom stereocenters. The van der Waals surface area contributed by atoms with Crippen LogP contribution in [0.15, 0.2) is 11.6 Å². The molecule has 0 bridgehead atoms. The van der Waals surface area contributed by atoms with Crippen molar-refractivity contribution in [2.45, 2.75) is 211 Å². The standard InChI is InChI=1S/C48H74O19/c1-20-27(51)29(53)33(57)39(62-20)66-35-30(54)28(52)24(19-49)63-40(35)67-36-32(56)31(55)34(38(58)59)65-41(36)64-26-10-11-46(6)25(43(26,2)3)9-12-48(8)37(46)23(50)17-21-22-18-45(5,42(60)61)14-13-44(22,4)15-16-47(21,48)7/h17,20,22,24-37,39-41,49,51-57H,9-16,18-19H2,1-8H3,(H,58,59)(H,60,61)/t20-,22-,24+,25-,26-,27-,28-,29+,30-,31-,32-,33+,34-,35+,36+,37+,39-,40-,41-,44+,45-,46-,47+,48+/m0/s1. The van der Waals surface area contributed by atoms with Gasteiger partial charge in [-0.2, -0.15) is 0 Å². The number of ketones is 1. The number of aliphatic hydroxyl groups is 8. The Kier molecular flexibility index (Phi) is 13.4. The van der Waals surface area contributed by atoms with Crippen molar-refractivity contribution < 1.29 is 93.9 Å². The minimum Gasteiger partial charge on any atom is -0.481 e. The molecule has 0 amide bonds. The van der Waals surface area contributed by atoms with Gasteiger partial charge in [-0.3, -0.25) is 9.59 Å². The number of ether oxygens (including phenoxy) is 6. The summed E-state index contributed by atoms with van der Waals surface area (Å²) in [6.07, 6.45) is -19.2. The summed E-state index contributed by atoms with van der Waals surface area (Å²) in [6.45, 7) is 15.4. The molecule has 0 unspecified atom stereocenters. The van der Waals surface area contributed by atoms with Crippen LogP contribution in [0.2, 0.25) is 0 Å². The predicted molar refractivity (Wildman–Crippen MR) is 230 cm³/mol. The number of hydrogen-bond donors (Lipinski definition) is 10. The molecule has 4 saturated carbocycles. The van der Waals surface area contributed by atoms with E-state index in [9.17, 15) is 65.4 Å². The third-order valence-electron chi connectivity index (χ3n) is 19.3. The third kappa shape index (κ3) is 7.88. The van der Waals surface area contributed by atoms with E-state index in [1.807, 2.05) is 26.8 Å². The Morgan fingerprint density at radius 2 is 1.30 bits per heavy atom.